The summed E-state index contributed by atoms with van der Waals surface area (Å²) in [6.45, 7) is 1.41. The third kappa shape index (κ3) is 4.66. The van der Waals surface area contributed by atoms with Crippen molar-refractivity contribution >= 4 is 11.7 Å². The van der Waals surface area contributed by atoms with E-state index in [1.54, 1.807) is 13.0 Å². The Bertz CT molecular complexity index is 514. The molecule has 0 aliphatic heterocycles. The van der Waals surface area contributed by atoms with Crippen LogP contribution in [-0.4, -0.2) is 29.8 Å². The molecule has 1 aliphatic carbocycles. The Hall–Kier alpha value is -1.69. The number of halogens is 2. The molecule has 1 aliphatic rings. The Balaban J connectivity index is 1.86. The third-order valence-electron chi connectivity index (χ3n) is 4.00. The lowest BCUT2D eigenvalue weighted by atomic mass is 9.92. The molecular weight excluding hydrogens is 292 g/mol. The van der Waals surface area contributed by atoms with Crippen LogP contribution in [0.2, 0.25) is 0 Å². The van der Waals surface area contributed by atoms with E-state index in [9.17, 15) is 13.6 Å². The van der Waals surface area contributed by atoms with Crippen molar-refractivity contribution in [3.8, 4) is 0 Å². The Morgan fingerprint density at radius 2 is 2.05 bits per heavy atom. The Morgan fingerprint density at radius 1 is 1.36 bits per heavy atom. The first kappa shape index (κ1) is 16.7. The van der Waals surface area contributed by atoms with Gasteiger partial charge in [0, 0.05) is 17.3 Å². The number of carboxylic acid groups (broad SMARTS) is 1. The van der Waals surface area contributed by atoms with Gasteiger partial charge in [-0.15, -0.1) is 0 Å². The van der Waals surface area contributed by atoms with Gasteiger partial charge in [-0.25, -0.2) is 13.6 Å². The first-order valence-corrected chi connectivity index (χ1v) is 7.44. The number of carbonyl (C=O) groups is 1. The molecule has 0 aromatic heterocycles. The SMILES string of the molecule is Cc1ccc(NC2CCC(OCC(=O)O)CC2)cc1C(F)F. The standard InChI is InChI=1S/C16H21F2NO3/c1-10-2-3-12(8-14(10)16(17)18)19-11-4-6-13(7-5-11)22-9-15(20)21/h2-3,8,11,13,16,19H,4-7,9H2,1H3,(H,20,21). The lowest BCUT2D eigenvalue weighted by Crippen LogP contribution is -2.30. The van der Waals surface area contributed by atoms with Gasteiger partial charge in [0.1, 0.15) is 6.61 Å². The fourth-order valence-corrected chi connectivity index (χ4v) is 2.76. The molecule has 2 N–H and O–H groups in total. The van der Waals surface area contributed by atoms with Crippen LogP contribution in [0.4, 0.5) is 14.5 Å². The molecule has 0 unspecified atom stereocenters. The van der Waals surface area contributed by atoms with Crippen LogP contribution in [0.15, 0.2) is 18.2 Å². The number of rotatable bonds is 6. The van der Waals surface area contributed by atoms with Crippen molar-refractivity contribution in [2.45, 2.75) is 51.2 Å². The van der Waals surface area contributed by atoms with Crippen LogP contribution < -0.4 is 5.32 Å². The van der Waals surface area contributed by atoms with Crippen LogP contribution in [0.3, 0.4) is 0 Å². The fourth-order valence-electron chi connectivity index (χ4n) is 2.76. The molecule has 0 atom stereocenters. The van der Waals surface area contributed by atoms with Crippen LogP contribution in [0.5, 0.6) is 0 Å². The topological polar surface area (TPSA) is 58.6 Å². The number of benzene rings is 1. The Kier molecular flexibility index (Phi) is 5.71. The van der Waals surface area contributed by atoms with E-state index in [4.69, 9.17) is 9.84 Å². The van der Waals surface area contributed by atoms with Crippen molar-refractivity contribution in [3.63, 3.8) is 0 Å². The molecule has 6 heteroatoms. The van der Waals surface area contributed by atoms with Crippen LogP contribution in [-0.2, 0) is 9.53 Å². The number of aliphatic carboxylic acids is 1. The summed E-state index contributed by atoms with van der Waals surface area (Å²) in [4.78, 5) is 10.5. The average molecular weight is 313 g/mol. The van der Waals surface area contributed by atoms with Crippen molar-refractivity contribution in [1.29, 1.82) is 0 Å². The molecule has 22 heavy (non-hydrogen) atoms. The quantitative estimate of drug-likeness (QED) is 0.839. The number of hydrogen-bond acceptors (Lipinski definition) is 3. The summed E-state index contributed by atoms with van der Waals surface area (Å²) in [6, 6.07) is 5.23. The zero-order chi connectivity index (χ0) is 16.1. The normalized spacial score (nSPS) is 21.8. The summed E-state index contributed by atoms with van der Waals surface area (Å²) >= 11 is 0. The molecule has 0 radical (unpaired) electrons. The lowest BCUT2D eigenvalue weighted by Gasteiger charge is -2.29. The highest BCUT2D eigenvalue weighted by molar-refractivity contribution is 5.68. The second-order valence-electron chi connectivity index (χ2n) is 5.69. The minimum absolute atomic E-state index is 0.0243. The van der Waals surface area contributed by atoms with Crippen molar-refractivity contribution in [1.82, 2.24) is 0 Å². The first-order valence-electron chi connectivity index (χ1n) is 7.44. The maximum Gasteiger partial charge on any atom is 0.329 e. The van der Waals surface area contributed by atoms with Gasteiger partial charge in [-0.05, 0) is 50.3 Å². The zero-order valence-electron chi connectivity index (χ0n) is 12.5. The predicted octanol–water partition coefficient (Wildman–Crippen LogP) is 3.76. The largest absolute Gasteiger partial charge is 0.480 e. The number of carboxylic acids is 1. The Labute approximate surface area is 128 Å². The molecule has 0 spiro atoms. The molecule has 1 aromatic rings. The van der Waals surface area contributed by atoms with Crippen LogP contribution in [0, 0.1) is 6.92 Å². The van der Waals surface area contributed by atoms with E-state index in [0.717, 1.165) is 25.7 Å². The molecular formula is C16H21F2NO3. The molecule has 0 amide bonds. The number of hydrogen-bond donors (Lipinski definition) is 2. The van der Waals surface area contributed by atoms with Gasteiger partial charge in [0.05, 0.1) is 6.10 Å². The predicted molar refractivity (Wildman–Crippen MR) is 79.4 cm³/mol. The van der Waals surface area contributed by atoms with Crippen LogP contribution >= 0.6 is 0 Å². The second kappa shape index (κ2) is 7.54. The van der Waals surface area contributed by atoms with E-state index in [1.807, 2.05) is 6.07 Å². The minimum atomic E-state index is -2.47. The van der Waals surface area contributed by atoms with Gasteiger partial charge < -0.3 is 15.2 Å². The van der Waals surface area contributed by atoms with Crippen molar-refractivity contribution in [2.24, 2.45) is 0 Å². The van der Waals surface area contributed by atoms with Crippen molar-refractivity contribution in [2.75, 3.05) is 11.9 Å². The molecule has 4 nitrogen and oxygen atoms in total. The minimum Gasteiger partial charge on any atom is -0.480 e. The summed E-state index contributed by atoms with van der Waals surface area (Å²) in [7, 11) is 0. The van der Waals surface area contributed by atoms with Gasteiger partial charge >= 0.3 is 5.97 Å². The van der Waals surface area contributed by atoms with E-state index in [1.165, 1.54) is 6.07 Å². The number of anilines is 1. The number of ether oxygens (including phenoxy) is 1. The Morgan fingerprint density at radius 3 is 2.64 bits per heavy atom. The molecule has 1 saturated carbocycles. The van der Waals surface area contributed by atoms with E-state index in [0.29, 0.717) is 11.3 Å². The first-order chi connectivity index (χ1) is 10.5. The highest BCUT2D eigenvalue weighted by atomic mass is 19.3. The smallest absolute Gasteiger partial charge is 0.329 e. The van der Waals surface area contributed by atoms with Gasteiger partial charge in [0.2, 0.25) is 0 Å². The summed E-state index contributed by atoms with van der Waals surface area (Å²) in [5.41, 5.74) is 1.35. The second-order valence-corrected chi connectivity index (χ2v) is 5.69. The summed E-state index contributed by atoms with van der Waals surface area (Å²) in [5, 5.41) is 11.9. The van der Waals surface area contributed by atoms with Crippen LogP contribution in [0.25, 0.3) is 0 Å². The molecule has 1 aromatic carbocycles. The monoisotopic (exact) mass is 313 g/mol. The average Bonchev–Trinajstić information content (AvgIpc) is 2.48. The highest BCUT2D eigenvalue weighted by Crippen LogP contribution is 2.28. The lowest BCUT2D eigenvalue weighted by molar-refractivity contribution is -0.145. The number of aryl methyl sites for hydroxylation is 1. The summed E-state index contributed by atoms with van der Waals surface area (Å²) in [5.74, 6) is -0.959. The van der Waals surface area contributed by atoms with E-state index >= 15 is 0 Å². The zero-order valence-corrected chi connectivity index (χ0v) is 12.5. The molecule has 122 valence electrons. The molecule has 2 rings (SSSR count). The maximum absolute atomic E-state index is 12.9. The number of nitrogens with one attached hydrogen (secondary N) is 1. The van der Waals surface area contributed by atoms with Crippen LogP contribution in [0.1, 0.15) is 43.2 Å². The van der Waals surface area contributed by atoms with Gasteiger partial charge in [-0.2, -0.15) is 0 Å². The van der Waals surface area contributed by atoms with E-state index < -0.39 is 12.4 Å². The molecule has 0 heterocycles. The van der Waals surface area contributed by atoms with Gasteiger partial charge in [0.25, 0.3) is 6.43 Å². The summed E-state index contributed by atoms with van der Waals surface area (Å²) in [6.07, 6.45) is 0.729. The van der Waals surface area contributed by atoms with Crippen molar-refractivity contribution < 1.29 is 23.4 Å². The third-order valence-corrected chi connectivity index (χ3v) is 4.00. The van der Waals surface area contributed by atoms with Crippen molar-refractivity contribution in [3.05, 3.63) is 29.3 Å². The molecule has 0 bridgehead atoms. The highest BCUT2D eigenvalue weighted by Gasteiger charge is 2.22. The van der Waals surface area contributed by atoms with E-state index in [2.05, 4.69) is 5.32 Å². The summed E-state index contributed by atoms with van der Waals surface area (Å²) < 4.78 is 31.1. The van der Waals surface area contributed by atoms with E-state index in [-0.39, 0.29) is 24.3 Å². The fraction of sp³-hybridized carbons (Fsp3) is 0.562. The maximum atomic E-state index is 12.9. The molecule has 0 saturated heterocycles. The van der Waals surface area contributed by atoms with Gasteiger partial charge in [0.15, 0.2) is 0 Å². The number of alkyl halides is 2. The van der Waals surface area contributed by atoms with Gasteiger partial charge in [-0.3, -0.25) is 0 Å². The van der Waals surface area contributed by atoms with Gasteiger partial charge in [-0.1, -0.05) is 6.07 Å². The molecule has 1 fully saturated rings.